The third-order valence-corrected chi connectivity index (χ3v) is 1.36. The minimum atomic E-state index is 0. The minimum absolute atomic E-state index is 0. The summed E-state index contributed by atoms with van der Waals surface area (Å²) < 4.78 is 0. The van der Waals surface area contributed by atoms with Gasteiger partial charge in [0.25, 0.3) is 0 Å². The zero-order valence-electron chi connectivity index (χ0n) is 7.96. The Labute approximate surface area is 75.4 Å². The third kappa shape index (κ3) is 4.56. The van der Waals surface area contributed by atoms with Gasteiger partial charge in [0.05, 0.1) is 0 Å². The lowest BCUT2D eigenvalue weighted by Crippen LogP contribution is -2.33. The van der Waals surface area contributed by atoms with Gasteiger partial charge in [-0.1, -0.05) is 13.3 Å². The highest BCUT2D eigenvalue weighted by molar-refractivity contribution is 5.80. The molecule has 12 heavy (non-hydrogen) atoms. The molecule has 0 aromatic heterocycles. The number of nitrogens with zero attached hydrogens (tertiary/aromatic N) is 3. The zero-order chi connectivity index (χ0) is 9.40. The van der Waals surface area contributed by atoms with Crippen LogP contribution in [-0.4, -0.2) is 31.5 Å². The average molecular weight is 170 g/mol. The van der Waals surface area contributed by atoms with Gasteiger partial charge in [-0.25, -0.2) is 0 Å². The van der Waals surface area contributed by atoms with Crippen LogP contribution < -0.4 is 5.32 Å². The second kappa shape index (κ2) is 6.47. The predicted molar refractivity (Wildman–Crippen MR) is 51.8 cm³/mol. The van der Waals surface area contributed by atoms with Crippen LogP contribution in [-0.2, 0) is 0 Å². The Morgan fingerprint density at radius 1 is 1.67 bits per heavy atom. The van der Waals surface area contributed by atoms with Gasteiger partial charge in [-0.3, -0.25) is 10.3 Å². The molecule has 0 spiro atoms. The number of guanidine groups is 1. The van der Waals surface area contributed by atoms with Crippen LogP contribution in [0.5, 0.6) is 0 Å². The maximum absolute atomic E-state index is 8.37. The standard InChI is InChI=1S/C8H16N4.H2/c1-4-5-6-10-8(11-7-9)12(2)3;/h4-6H2,1-3H3,(H,10,11);1H. The molecule has 0 heterocycles. The van der Waals surface area contributed by atoms with Gasteiger partial charge in [0.2, 0.25) is 5.96 Å². The fraction of sp³-hybridized carbons (Fsp3) is 0.750. The van der Waals surface area contributed by atoms with Crippen molar-refractivity contribution in [3.8, 4) is 6.19 Å². The maximum Gasteiger partial charge on any atom is 0.206 e. The van der Waals surface area contributed by atoms with Crippen molar-refractivity contribution in [1.82, 2.24) is 10.2 Å². The van der Waals surface area contributed by atoms with Gasteiger partial charge < -0.3 is 4.90 Å². The molecule has 0 aromatic carbocycles. The van der Waals surface area contributed by atoms with Gasteiger partial charge in [-0.2, -0.15) is 5.26 Å². The molecule has 0 aromatic rings. The molecule has 0 rings (SSSR count). The van der Waals surface area contributed by atoms with E-state index in [-0.39, 0.29) is 1.43 Å². The van der Waals surface area contributed by atoms with Crippen molar-refractivity contribution in [2.24, 2.45) is 4.99 Å². The van der Waals surface area contributed by atoms with Gasteiger partial charge in [-0.05, 0) is 6.42 Å². The second-order valence-electron chi connectivity index (χ2n) is 2.69. The Morgan fingerprint density at radius 2 is 2.33 bits per heavy atom. The monoisotopic (exact) mass is 170 g/mol. The number of nitriles is 1. The smallest absolute Gasteiger partial charge is 0.206 e. The van der Waals surface area contributed by atoms with E-state index in [4.69, 9.17) is 5.26 Å². The predicted octanol–water partition coefficient (Wildman–Crippen LogP) is 1.02. The molecule has 0 aliphatic carbocycles. The number of hydrogen-bond donors (Lipinski definition) is 1. The molecule has 0 amide bonds. The number of rotatable bonds is 3. The van der Waals surface area contributed by atoms with Crippen molar-refractivity contribution in [3.63, 3.8) is 0 Å². The van der Waals surface area contributed by atoms with E-state index < -0.39 is 0 Å². The van der Waals surface area contributed by atoms with Crippen molar-refractivity contribution in [2.75, 3.05) is 20.6 Å². The Hall–Kier alpha value is -1.24. The maximum atomic E-state index is 8.37. The van der Waals surface area contributed by atoms with Crippen LogP contribution in [0.2, 0.25) is 0 Å². The van der Waals surface area contributed by atoms with E-state index in [9.17, 15) is 0 Å². The fourth-order valence-electron chi connectivity index (χ4n) is 0.686. The molecule has 0 bridgehead atoms. The van der Waals surface area contributed by atoms with Crippen LogP contribution in [0.3, 0.4) is 0 Å². The zero-order valence-corrected chi connectivity index (χ0v) is 7.96. The van der Waals surface area contributed by atoms with Gasteiger partial charge >= 0.3 is 0 Å². The number of unbranched alkanes of at least 4 members (excludes halogenated alkanes) is 1. The summed E-state index contributed by atoms with van der Waals surface area (Å²) in [6.07, 6.45) is 4.04. The summed E-state index contributed by atoms with van der Waals surface area (Å²) in [5, 5.41) is 10.9. The molecule has 0 aliphatic rings. The number of aliphatic imine (C=N–C) groups is 1. The van der Waals surface area contributed by atoms with E-state index in [2.05, 4.69) is 17.2 Å². The largest absolute Gasteiger partial charge is 0.348 e. The lowest BCUT2D eigenvalue weighted by atomic mass is 10.3. The Bertz CT molecular complexity index is 183. The van der Waals surface area contributed by atoms with E-state index in [0.29, 0.717) is 5.96 Å². The first-order chi connectivity index (χ1) is 5.72. The summed E-state index contributed by atoms with van der Waals surface area (Å²) in [6, 6.07) is 0. The quantitative estimate of drug-likeness (QED) is 0.226. The molecule has 0 saturated carbocycles. The lowest BCUT2D eigenvalue weighted by molar-refractivity contribution is 0.595. The van der Waals surface area contributed by atoms with Crippen LogP contribution in [0.4, 0.5) is 0 Å². The molecule has 0 fully saturated rings. The molecule has 0 aliphatic heterocycles. The molecule has 4 nitrogen and oxygen atoms in total. The topological polar surface area (TPSA) is 51.4 Å². The highest BCUT2D eigenvalue weighted by Gasteiger charge is 1.97. The normalized spacial score (nSPS) is 10.7. The van der Waals surface area contributed by atoms with Gasteiger partial charge in [0, 0.05) is 22.1 Å². The van der Waals surface area contributed by atoms with Crippen LogP contribution in [0.25, 0.3) is 0 Å². The van der Waals surface area contributed by atoms with E-state index in [1.807, 2.05) is 20.3 Å². The Balaban J connectivity index is 0. The van der Waals surface area contributed by atoms with E-state index in [1.54, 1.807) is 4.90 Å². The summed E-state index contributed by atoms with van der Waals surface area (Å²) in [5.74, 6) is 0.631. The van der Waals surface area contributed by atoms with Crippen molar-refractivity contribution < 1.29 is 1.43 Å². The van der Waals surface area contributed by atoms with Crippen molar-refractivity contribution in [1.29, 1.82) is 5.26 Å². The minimum Gasteiger partial charge on any atom is -0.348 e. The molecular formula is C8H18N4. The molecule has 0 saturated heterocycles. The SMILES string of the molecule is CCCCN=C(NC#N)N(C)C.[HH]. The van der Waals surface area contributed by atoms with Crippen LogP contribution in [0.15, 0.2) is 4.99 Å². The second-order valence-corrected chi connectivity index (χ2v) is 2.69. The summed E-state index contributed by atoms with van der Waals surface area (Å²) in [5.41, 5.74) is 0. The van der Waals surface area contributed by atoms with Gasteiger partial charge in [0.1, 0.15) is 0 Å². The average Bonchev–Trinajstić information content (AvgIpc) is 2.03. The highest BCUT2D eigenvalue weighted by atomic mass is 15.3. The molecular weight excluding hydrogens is 152 g/mol. The highest BCUT2D eigenvalue weighted by Crippen LogP contribution is 1.88. The number of hydrogen-bond acceptors (Lipinski definition) is 2. The summed E-state index contributed by atoms with van der Waals surface area (Å²) in [4.78, 5) is 6.00. The third-order valence-electron chi connectivity index (χ3n) is 1.36. The fourth-order valence-corrected chi connectivity index (χ4v) is 0.686. The molecule has 4 heteroatoms. The van der Waals surface area contributed by atoms with Gasteiger partial charge in [0.15, 0.2) is 6.19 Å². The van der Waals surface area contributed by atoms with E-state index >= 15 is 0 Å². The molecule has 70 valence electrons. The number of nitrogens with one attached hydrogen (secondary N) is 1. The lowest BCUT2D eigenvalue weighted by Gasteiger charge is -2.12. The molecule has 0 unspecified atom stereocenters. The van der Waals surface area contributed by atoms with Crippen LogP contribution >= 0.6 is 0 Å². The summed E-state index contributed by atoms with van der Waals surface area (Å²) >= 11 is 0. The Morgan fingerprint density at radius 3 is 2.75 bits per heavy atom. The Kier molecular flexibility index (Phi) is 5.80. The summed E-state index contributed by atoms with van der Waals surface area (Å²) in [7, 11) is 3.71. The first-order valence-corrected chi connectivity index (χ1v) is 4.09. The summed E-state index contributed by atoms with van der Waals surface area (Å²) in [6.45, 7) is 2.89. The van der Waals surface area contributed by atoms with Crippen molar-refractivity contribution >= 4 is 5.96 Å². The molecule has 0 radical (unpaired) electrons. The van der Waals surface area contributed by atoms with E-state index in [1.165, 1.54) is 0 Å². The molecule has 0 atom stereocenters. The van der Waals surface area contributed by atoms with Gasteiger partial charge in [-0.15, -0.1) is 0 Å². The first-order valence-electron chi connectivity index (χ1n) is 4.09. The van der Waals surface area contributed by atoms with Crippen LogP contribution in [0.1, 0.15) is 21.2 Å². The van der Waals surface area contributed by atoms with Crippen molar-refractivity contribution in [2.45, 2.75) is 19.8 Å². The molecule has 1 N–H and O–H groups in total. The van der Waals surface area contributed by atoms with Crippen molar-refractivity contribution in [3.05, 3.63) is 0 Å². The first kappa shape index (κ1) is 10.8. The van der Waals surface area contributed by atoms with E-state index in [0.717, 1.165) is 19.4 Å². The van der Waals surface area contributed by atoms with Crippen LogP contribution in [0, 0.1) is 11.5 Å².